The normalized spacial score (nSPS) is 12.2. The zero-order valence-electron chi connectivity index (χ0n) is 9.80. The average molecular weight is 273 g/mol. The van der Waals surface area contributed by atoms with Crippen LogP contribution in [0, 0.1) is 5.82 Å². The summed E-state index contributed by atoms with van der Waals surface area (Å²) in [4.78, 5) is 11.5. The molecule has 0 aromatic heterocycles. The summed E-state index contributed by atoms with van der Waals surface area (Å²) in [6.45, 7) is -0.275. The monoisotopic (exact) mass is 273 g/mol. The predicted octanol–water partition coefficient (Wildman–Crippen LogP) is 1.24. The Kier molecular flexibility index (Phi) is 6.70. The Hall–Kier alpha value is -1.11. The molecule has 1 rings (SSSR count). The molecule has 6 heteroatoms. The molecule has 1 unspecified atom stereocenters. The van der Waals surface area contributed by atoms with Crippen molar-refractivity contribution in [1.82, 2.24) is 0 Å². The Morgan fingerprint density at radius 2 is 2.28 bits per heavy atom. The molecule has 0 heterocycles. The van der Waals surface area contributed by atoms with E-state index in [1.54, 1.807) is 6.07 Å². The Labute approximate surface area is 109 Å². The van der Waals surface area contributed by atoms with Crippen LogP contribution in [0.15, 0.2) is 24.3 Å². The lowest BCUT2D eigenvalue weighted by Gasteiger charge is -2.07. The molecule has 100 valence electrons. The van der Waals surface area contributed by atoms with Crippen LogP contribution in [0.3, 0.4) is 0 Å². The molecule has 0 saturated heterocycles. The van der Waals surface area contributed by atoms with Crippen LogP contribution in [-0.4, -0.2) is 40.3 Å². The number of anilines is 1. The van der Waals surface area contributed by atoms with Crippen LogP contribution < -0.4 is 5.32 Å². The maximum Gasteiger partial charge on any atom is 0.225 e. The molecular weight excluding hydrogens is 257 g/mol. The summed E-state index contributed by atoms with van der Waals surface area (Å²) in [5.74, 6) is 0.335. The molecule has 0 aliphatic rings. The summed E-state index contributed by atoms with van der Waals surface area (Å²) in [7, 11) is 0. The van der Waals surface area contributed by atoms with E-state index >= 15 is 0 Å². The van der Waals surface area contributed by atoms with Crippen molar-refractivity contribution in [3.8, 4) is 0 Å². The van der Waals surface area contributed by atoms with Gasteiger partial charge in [-0.1, -0.05) is 6.07 Å². The molecule has 0 bridgehead atoms. The molecule has 0 spiro atoms. The highest BCUT2D eigenvalue weighted by molar-refractivity contribution is 7.99. The SMILES string of the molecule is O=C(CCSCC(O)CO)Nc1cccc(F)c1. The van der Waals surface area contributed by atoms with Crippen molar-refractivity contribution in [3.05, 3.63) is 30.1 Å². The second-order valence-electron chi connectivity index (χ2n) is 3.72. The fraction of sp³-hybridized carbons (Fsp3) is 0.417. The third-order valence-electron chi connectivity index (χ3n) is 2.10. The van der Waals surface area contributed by atoms with Crippen molar-refractivity contribution in [3.63, 3.8) is 0 Å². The van der Waals surface area contributed by atoms with Gasteiger partial charge in [-0.05, 0) is 18.2 Å². The minimum Gasteiger partial charge on any atom is -0.394 e. The fourth-order valence-corrected chi connectivity index (χ4v) is 2.10. The van der Waals surface area contributed by atoms with Crippen LogP contribution in [0.25, 0.3) is 0 Å². The van der Waals surface area contributed by atoms with E-state index in [9.17, 15) is 9.18 Å². The van der Waals surface area contributed by atoms with Crippen LogP contribution >= 0.6 is 11.8 Å². The van der Waals surface area contributed by atoms with Gasteiger partial charge in [-0.15, -0.1) is 0 Å². The number of hydrogen-bond donors (Lipinski definition) is 3. The Balaban J connectivity index is 2.22. The van der Waals surface area contributed by atoms with Crippen molar-refractivity contribution in [2.75, 3.05) is 23.4 Å². The highest BCUT2D eigenvalue weighted by atomic mass is 32.2. The minimum atomic E-state index is -0.749. The Morgan fingerprint density at radius 3 is 2.94 bits per heavy atom. The first-order valence-corrected chi connectivity index (χ1v) is 6.69. The summed E-state index contributed by atoms with van der Waals surface area (Å²) in [5.41, 5.74) is 0.431. The van der Waals surface area contributed by atoms with E-state index in [2.05, 4.69) is 5.32 Å². The first-order chi connectivity index (χ1) is 8.61. The number of aliphatic hydroxyl groups is 2. The molecule has 1 aromatic carbocycles. The van der Waals surface area contributed by atoms with E-state index in [1.807, 2.05) is 0 Å². The maximum atomic E-state index is 12.8. The van der Waals surface area contributed by atoms with Gasteiger partial charge in [-0.3, -0.25) is 4.79 Å². The zero-order chi connectivity index (χ0) is 13.4. The van der Waals surface area contributed by atoms with E-state index in [0.717, 1.165) is 0 Å². The van der Waals surface area contributed by atoms with Gasteiger partial charge in [0.2, 0.25) is 5.91 Å². The molecule has 0 radical (unpaired) electrons. The molecular formula is C12H16FNO3S. The van der Waals surface area contributed by atoms with E-state index < -0.39 is 11.9 Å². The largest absolute Gasteiger partial charge is 0.394 e. The van der Waals surface area contributed by atoms with Gasteiger partial charge in [0.15, 0.2) is 0 Å². The predicted molar refractivity (Wildman–Crippen MR) is 70.1 cm³/mol. The lowest BCUT2D eigenvalue weighted by atomic mass is 10.3. The van der Waals surface area contributed by atoms with Gasteiger partial charge in [-0.25, -0.2) is 4.39 Å². The second-order valence-corrected chi connectivity index (χ2v) is 4.87. The molecule has 18 heavy (non-hydrogen) atoms. The van der Waals surface area contributed by atoms with E-state index in [0.29, 0.717) is 17.2 Å². The van der Waals surface area contributed by atoms with Gasteiger partial charge >= 0.3 is 0 Å². The summed E-state index contributed by atoms with van der Waals surface area (Å²) in [6.07, 6.45) is -0.472. The van der Waals surface area contributed by atoms with Gasteiger partial charge < -0.3 is 15.5 Å². The number of carbonyl (C=O) groups excluding carboxylic acids is 1. The number of halogens is 1. The molecule has 1 aromatic rings. The third-order valence-corrected chi connectivity index (χ3v) is 3.22. The van der Waals surface area contributed by atoms with Crippen LogP contribution in [-0.2, 0) is 4.79 Å². The summed E-state index contributed by atoms with van der Waals surface area (Å²) in [5, 5.41) is 20.2. The average Bonchev–Trinajstić information content (AvgIpc) is 2.34. The number of rotatable bonds is 7. The van der Waals surface area contributed by atoms with Crippen molar-refractivity contribution in [1.29, 1.82) is 0 Å². The number of benzene rings is 1. The minimum absolute atomic E-state index is 0.202. The summed E-state index contributed by atoms with van der Waals surface area (Å²) >= 11 is 1.38. The van der Waals surface area contributed by atoms with Crippen molar-refractivity contribution in [2.24, 2.45) is 0 Å². The third kappa shape index (κ3) is 6.00. The summed E-state index contributed by atoms with van der Waals surface area (Å²) < 4.78 is 12.8. The molecule has 0 aliphatic carbocycles. The molecule has 0 aliphatic heterocycles. The van der Waals surface area contributed by atoms with Crippen LogP contribution in [0.5, 0.6) is 0 Å². The van der Waals surface area contributed by atoms with Crippen LogP contribution in [0.4, 0.5) is 10.1 Å². The van der Waals surface area contributed by atoms with Gasteiger partial charge in [0, 0.05) is 23.6 Å². The number of carbonyl (C=O) groups is 1. The highest BCUT2D eigenvalue weighted by Gasteiger charge is 2.05. The first kappa shape index (κ1) is 14.9. The lowest BCUT2D eigenvalue weighted by molar-refractivity contribution is -0.115. The molecule has 4 nitrogen and oxygen atoms in total. The number of aliphatic hydroxyl groups excluding tert-OH is 2. The van der Waals surface area contributed by atoms with E-state index in [4.69, 9.17) is 10.2 Å². The van der Waals surface area contributed by atoms with Gasteiger partial charge in [0.1, 0.15) is 5.82 Å². The van der Waals surface area contributed by atoms with Gasteiger partial charge in [0.05, 0.1) is 12.7 Å². The molecule has 1 amide bonds. The second kappa shape index (κ2) is 8.07. The Bertz CT molecular complexity index is 389. The highest BCUT2D eigenvalue weighted by Crippen LogP contribution is 2.10. The van der Waals surface area contributed by atoms with Crippen molar-refractivity contribution < 1.29 is 19.4 Å². The topological polar surface area (TPSA) is 69.6 Å². The smallest absolute Gasteiger partial charge is 0.225 e. The molecule has 1 atom stereocenters. The summed E-state index contributed by atoms with van der Waals surface area (Å²) in [6, 6.07) is 5.70. The lowest BCUT2D eigenvalue weighted by Crippen LogP contribution is -2.16. The Morgan fingerprint density at radius 1 is 1.50 bits per heavy atom. The van der Waals surface area contributed by atoms with Gasteiger partial charge in [0.25, 0.3) is 0 Å². The van der Waals surface area contributed by atoms with Crippen molar-refractivity contribution >= 4 is 23.4 Å². The molecule has 0 saturated carbocycles. The van der Waals surface area contributed by atoms with E-state index in [1.165, 1.54) is 30.0 Å². The van der Waals surface area contributed by atoms with Crippen molar-refractivity contribution in [2.45, 2.75) is 12.5 Å². The molecule has 0 fully saturated rings. The van der Waals surface area contributed by atoms with Gasteiger partial charge in [-0.2, -0.15) is 11.8 Å². The number of nitrogens with one attached hydrogen (secondary N) is 1. The maximum absolute atomic E-state index is 12.8. The van der Waals surface area contributed by atoms with Crippen LogP contribution in [0.2, 0.25) is 0 Å². The van der Waals surface area contributed by atoms with Crippen LogP contribution in [0.1, 0.15) is 6.42 Å². The number of amides is 1. The quantitative estimate of drug-likeness (QED) is 0.654. The van der Waals surface area contributed by atoms with E-state index in [-0.39, 0.29) is 18.9 Å². The fourth-order valence-electron chi connectivity index (χ4n) is 1.23. The first-order valence-electron chi connectivity index (χ1n) is 5.54. The standard InChI is InChI=1S/C12H16FNO3S/c13-9-2-1-3-10(6-9)14-12(17)4-5-18-8-11(16)7-15/h1-3,6,11,15-16H,4-5,7-8H2,(H,14,17). The zero-order valence-corrected chi connectivity index (χ0v) is 10.6. The molecule has 3 N–H and O–H groups in total. The number of thioether (sulfide) groups is 1. The number of hydrogen-bond acceptors (Lipinski definition) is 4.